The van der Waals surface area contributed by atoms with Gasteiger partial charge in [-0.1, -0.05) is 54.7 Å². The van der Waals surface area contributed by atoms with E-state index in [9.17, 15) is 5.11 Å². The fraction of sp³-hybridized carbons (Fsp3) is 0.333. The molecular weight excluding hydrogens is 484 g/mol. The van der Waals surface area contributed by atoms with E-state index in [2.05, 4.69) is 58.8 Å². The van der Waals surface area contributed by atoms with Gasteiger partial charge in [0.05, 0.1) is 47.7 Å². The highest BCUT2D eigenvalue weighted by molar-refractivity contribution is 7.22. The van der Waals surface area contributed by atoms with E-state index in [0.717, 1.165) is 69.5 Å². The summed E-state index contributed by atoms with van der Waals surface area (Å²) in [5.41, 5.74) is 10.2. The molecule has 0 radical (unpaired) electrons. The summed E-state index contributed by atoms with van der Waals surface area (Å²) in [5, 5.41) is 22.3. The van der Waals surface area contributed by atoms with Gasteiger partial charge in [0.1, 0.15) is 0 Å². The minimum atomic E-state index is -0.230. The van der Waals surface area contributed by atoms with Crippen molar-refractivity contribution in [3.8, 4) is 11.1 Å². The van der Waals surface area contributed by atoms with E-state index in [-0.39, 0.29) is 18.2 Å². The summed E-state index contributed by atoms with van der Waals surface area (Å²) in [5.74, 6) is 0.585. The topological polar surface area (TPSA) is 117 Å². The number of fused-ring (bicyclic) bond motifs is 1. The summed E-state index contributed by atoms with van der Waals surface area (Å²) < 4.78 is 1.10. The van der Waals surface area contributed by atoms with Crippen molar-refractivity contribution in [2.75, 3.05) is 18.4 Å². The molecule has 4 aromatic rings. The van der Waals surface area contributed by atoms with Crippen LogP contribution in [0.3, 0.4) is 0 Å². The van der Waals surface area contributed by atoms with Crippen LogP contribution in [0.4, 0.5) is 5.13 Å². The number of quaternary nitrogens is 1. The molecule has 2 aliphatic heterocycles. The van der Waals surface area contributed by atoms with Crippen LogP contribution in [0, 0.1) is 5.92 Å². The smallest absolute Gasteiger partial charge is 0.184 e. The van der Waals surface area contributed by atoms with Crippen LogP contribution in [-0.2, 0) is 6.42 Å². The number of aromatic nitrogens is 3. The standard InChI is InChI=1S/C27H30N8OS/c1-17-23(13-18-5-3-2-4-6-18)30-26(34-35-11-9-21(36)10-12-35)32-25(17)33-27-31-22-8-7-19(14-24(22)37-27)20-15-28-29-16-20/h2-8,14-17,21,25,35-36H,9-13H2,1H3,(H2-,28,29,31,32,33,34). The fourth-order valence-corrected chi connectivity index (χ4v) is 5.72. The molecule has 190 valence electrons. The molecule has 2 aliphatic rings. The Labute approximate surface area is 219 Å². The highest BCUT2D eigenvalue weighted by Gasteiger charge is 2.25. The van der Waals surface area contributed by atoms with E-state index in [1.807, 2.05) is 24.5 Å². The maximum absolute atomic E-state index is 9.88. The Kier molecular flexibility index (Phi) is 6.69. The normalized spacial score (nSPS) is 23.9. The van der Waals surface area contributed by atoms with Crippen molar-refractivity contribution in [3.63, 3.8) is 0 Å². The molecule has 2 aromatic heterocycles. The first-order valence-corrected chi connectivity index (χ1v) is 13.5. The number of benzene rings is 2. The Morgan fingerprint density at radius 1 is 1.14 bits per heavy atom. The van der Waals surface area contributed by atoms with Gasteiger partial charge in [-0.15, -0.1) is 0 Å². The molecule has 2 unspecified atom stereocenters. The lowest BCUT2D eigenvalue weighted by Gasteiger charge is -2.36. The lowest BCUT2D eigenvalue weighted by atomic mass is 9.95. The van der Waals surface area contributed by atoms with Crippen molar-refractivity contribution in [2.45, 2.75) is 38.5 Å². The van der Waals surface area contributed by atoms with E-state index >= 15 is 0 Å². The zero-order valence-corrected chi connectivity index (χ0v) is 21.4. The maximum Gasteiger partial charge on any atom is 0.184 e. The van der Waals surface area contributed by atoms with Gasteiger partial charge < -0.3 is 20.4 Å². The molecule has 0 aliphatic carbocycles. The number of guanidine groups is 1. The number of thiazole rings is 1. The molecule has 6 rings (SSSR count). The van der Waals surface area contributed by atoms with E-state index < -0.39 is 0 Å². The van der Waals surface area contributed by atoms with E-state index in [1.165, 1.54) is 5.56 Å². The molecule has 4 heterocycles. The third kappa shape index (κ3) is 5.41. The first-order valence-electron chi connectivity index (χ1n) is 12.7. The molecule has 0 spiro atoms. The summed E-state index contributed by atoms with van der Waals surface area (Å²) >= 11 is 1.62. The molecule has 4 N–H and O–H groups in total. The number of nitrogens with zero attached hydrogens (tertiary/aromatic N) is 5. The molecule has 2 atom stereocenters. The quantitative estimate of drug-likeness (QED) is 0.315. The molecular formula is C27H30N8OS. The number of H-pyrrole nitrogens is 1. The summed E-state index contributed by atoms with van der Waals surface area (Å²) in [6, 6.07) is 16.7. The van der Waals surface area contributed by atoms with Crippen LogP contribution >= 0.6 is 11.3 Å². The van der Waals surface area contributed by atoms with Gasteiger partial charge in [0, 0.05) is 30.5 Å². The third-order valence-corrected chi connectivity index (χ3v) is 7.96. The van der Waals surface area contributed by atoms with Gasteiger partial charge in [-0.25, -0.2) is 10.4 Å². The van der Waals surface area contributed by atoms with Crippen molar-refractivity contribution in [1.82, 2.24) is 15.2 Å². The molecule has 9 nitrogen and oxygen atoms in total. The second-order valence-corrected chi connectivity index (χ2v) is 10.7. The van der Waals surface area contributed by atoms with Crippen LogP contribution in [0.15, 0.2) is 70.9 Å². The predicted octanol–water partition coefficient (Wildman–Crippen LogP) is 3.44. The molecule has 10 heteroatoms. The van der Waals surface area contributed by atoms with Crippen LogP contribution < -0.4 is 10.3 Å². The fourth-order valence-electron chi connectivity index (χ4n) is 4.78. The zero-order chi connectivity index (χ0) is 25.2. The molecule has 37 heavy (non-hydrogen) atoms. The SMILES string of the molecule is CC1C(Cc2ccccc2)=NC([N-][NH+]2CCC(O)CC2)=NC1Nc1nc2ccc(-c3cn[nH]c3)cc2s1. The lowest BCUT2D eigenvalue weighted by Crippen LogP contribution is -3.09. The predicted molar refractivity (Wildman–Crippen MR) is 148 cm³/mol. The molecule has 1 saturated heterocycles. The highest BCUT2D eigenvalue weighted by Crippen LogP contribution is 2.32. The average Bonchev–Trinajstić information content (AvgIpc) is 3.58. The van der Waals surface area contributed by atoms with Gasteiger partial charge in [0.2, 0.25) is 0 Å². The van der Waals surface area contributed by atoms with Gasteiger partial charge >= 0.3 is 0 Å². The van der Waals surface area contributed by atoms with E-state index in [1.54, 1.807) is 11.3 Å². The van der Waals surface area contributed by atoms with Gasteiger partial charge in [0.15, 0.2) is 5.13 Å². The van der Waals surface area contributed by atoms with Crippen LogP contribution in [0.1, 0.15) is 25.3 Å². The summed E-state index contributed by atoms with van der Waals surface area (Å²) in [6.07, 6.45) is 5.50. The highest BCUT2D eigenvalue weighted by atomic mass is 32.1. The Balaban J connectivity index is 1.25. The van der Waals surface area contributed by atoms with Crippen LogP contribution in [0.25, 0.3) is 26.8 Å². The number of aromatic amines is 1. The second-order valence-electron chi connectivity index (χ2n) is 9.67. The van der Waals surface area contributed by atoms with Gasteiger partial charge in [-0.05, 0) is 35.4 Å². The number of piperidine rings is 1. The van der Waals surface area contributed by atoms with Crippen molar-refractivity contribution in [1.29, 1.82) is 0 Å². The minimum absolute atomic E-state index is 0.0748. The van der Waals surface area contributed by atoms with Crippen molar-refractivity contribution in [3.05, 3.63) is 71.9 Å². The first-order chi connectivity index (χ1) is 18.1. The average molecular weight is 515 g/mol. The summed E-state index contributed by atoms with van der Waals surface area (Å²) in [6.45, 7) is 3.73. The van der Waals surface area contributed by atoms with Gasteiger partial charge in [-0.3, -0.25) is 10.1 Å². The minimum Gasteiger partial charge on any atom is -0.393 e. The number of aliphatic imine (C=N–C) groups is 2. The van der Waals surface area contributed by atoms with Gasteiger partial charge in [0.25, 0.3) is 0 Å². The van der Waals surface area contributed by atoms with Crippen LogP contribution in [0.5, 0.6) is 0 Å². The monoisotopic (exact) mass is 514 g/mol. The maximum atomic E-state index is 9.88. The molecule has 1 fully saturated rings. The van der Waals surface area contributed by atoms with E-state index in [4.69, 9.17) is 20.4 Å². The molecule has 2 aromatic carbocycles. The number of hydrogen-bond acceptors (Lipinski definition) is 7. The number of aliphatic hydroxyl groups is 1. The Hall–Kier alpha value is -3.60. The molecule has 0 saturated carbocycles. The zero-order valence-electron chi connectivity index (χ0n) is 20.6. The Morgan fingerprint density at radius 3 is 2.76 bits per heavy atom. The molecule has 0 bridgehead atoms. The van der Waals surface area contributed by atoms with E-state index in [0.29, 0.717) is 5.96 Å². The van der Waals surface area contributed by atoms with Crippen molar-refractivity contribution < 1.29 is 10.1 Å². The number of anilines is 1. The third-order valence-electron chi connectivity index (χ3n) is 7.01. The van der Waals surface area contributed by atoms with Gasteiger partial charge in [-0.2, -0.15) is 5.10 Å². The molecule has 0 amide bonds. The largest absolute Gasteiger partial charge is 0.393 e. The Bertz CT molecular complexity index is 1410. The number of nitrogens with one attached hydrogen (secondary N) is 3. The Morgan fingerprint density at radius 2 is 1.97 bits per heavy atom. The summed E-state index contributed by atoms with van der Waals surface area (Å²) in [4.78, 5) is 14.6. The van der Waals surface area contributed by atoms with Crippen LogP contribution in [0.2, 0.25) is 0 Å². The van der Waals surface area contributed by atoms with Crippen LogP contribution in [-0.4, -0.2) is 57.3 Å². The lowest BCUT2D eigenvalue weighted by molar-refractivity contribution is -0.863. The van der Waals surface area contributed by atoms with Crippen molar-refractivity contribution in [2.24, 2.45) is 15.9 Å². The number of hydrogen-bond donors (Lipinski definition) is 4. The number of aliphatic hydroxyl groups excluding tert-OH is 1. The first kappa shape index (κ1) is 23.8. The summed E-state index contributed by atoms with van der Waals surface area (Å²) in [7, 11) is 0. The second kappa shape index (κ2) is 10.4. The van der Waals surface area contributed by atoms with Crippen molar-refractivity contribution >= 4 is 38.4 Å². The number of rotatable bonds is 6.